The van der Waals surface area contributed by atoms with E-state index in [0.29, 0.717) is 12.8 Å². The Morgan fingerprint density at radius 2 is 0.780 bits per heavy atom. The number of aliphatic hydroxyl groups excluding tert-OH is 1. The van der Waals surface area contributed by atoms with Crippen molar-refractivity contribution in [1.82, 2.24) is 0 Å². The standard InChI is InChI=1S/C45H88O5/c1-4-6-7-8-9-10-11-12-13-14-15-16-20-23-26-29-32-35-38-44(47)49-41-43(40-46)50-45(48)39-36-33-30-27-24-21-18-17-19-22-25-28-31-34-37-42(3)5-2/h42-43,46H,4-41H2,1-3H3/t42?,43-/m0/s1. The number of aliphatic hydroxyl groups is 1. The summed E-state index contributed by atoms with van der Waals surface area (Å²) in [5, 5.41) is 9.59. The van der Waals surface area contributed by atoms with Gasteiger partial charge in [-0.1, -0.05) is 226 Å². The van der Waals surface area contributed by atoms with Crippen LogP contribution in [0.5, 0.6) is 0 Å². The average molecular weight is 709 g/mol. The van der Waals surface area contributed by atoms with Crippen LogP contribution in [-0.2, 0) is 19.1 Å². The van der Waals surface area contributed by atoms with Crippen LogP contribution in [0.2, 0.25) is 0 Å². The monoisotopic (exact) mass is 709 g/mol. The first-order valence-corrected chi connectivity index (χ1v) is 22.5. The van der Waals surface area contributed by atoms with E-state index >= 15 is 0 Å². The first-order chi connectivity index (χ1) is 24.5. The van der Waals surface area contributed by atoms with Crippen molar-refractivity contribution in [3.05, 3.63) is 0 Å². The fourth-order valence-electron chi connectivity index (χ4n) is 6.89. The van der Waals surface area contributed by atoms with Crippen LogP contribution in [0.1, 0.15) is 252 Å². The van der Waals surface area contributed by atoms with Crippen molar-refractivity contribution in [1.29, 1.82) is 0 Å². The van der Waals surface area contributed by atoms with Crippen LogP contribution in [0.4, 0.5) is 0 Å². The van der Waals surface area contributed by atoms with Crippen molar-refractivity contribution < 1.29 is 24.2 Å². The summed E-state index contributed by atoms with van der Waals surface area (Å²) in [5.74, 6) is 0.330. The Bertz CT molecular complexity index is 695. The van der Waals surface area contributed by atoms with Gasteiger partial charge >= 0.3 is 11.9 Å². The lowest BCUT2D eigenvalue weighted by atomic mass is 9.99. The maximum absolute atomic E-state index is 12.2. The first kappa shape index (κ1) is 48.9. The Balaban J connectivity index is 3.47. The van der Waals surface area contributed by atoms with Gasteiger partial charge in [-0.2, -0.15) is 0 Å². The molecule has 0 saturated carbocycles. The molecule has 0 bridgehead atoms. The van der Waals surface area contributed by atoms with Gasteiger partial charge < -0.3 is 14.6 Å². The van der Waals surface area contributed by atoms with Gasteiger partial charge in [0.25, 0.3) is 0 Å². The van der Waals surface area contributed by atoms with Crippen molar-refractivity contribution in [2.75, 3.05) is 13.2 Å². The summed E-state index contributed by atoms with van der Waals surface area (Å²) < 4.78 is 10.7. The molecule has 0 aromatic carbocycles. The van der Waals surface area contributed by atoms with E-state index in [1.807, 2.05) is 0 Å². The number of carbonyl (C=O) groups excluding carboxylic acids is 2. The van der Waals surface area contributed by atoms with E-state index in [4.69, 9.17) is 9.47 Å². The van der Waals surface area contributed by atoms with Crippen molar-refractivity contribution in [3.63, 3.8) is 0 Å². The molecule has 0 aliphatic rings. The number of carbonyl (C=O) groups is 2. The molecule has 2 atom stereocenters. The summed E-state index contributed by atoms with van der Waals surface area (Å²) in [5.41, 5.74) is 0. The maximum Gasteiger partial charge on any atom is 0.306 e. The van der Waals surface area contributed by atoms with Crippen LogP contribution >= 0.6 is 0 Å². The van der Waals surface area contributed by atoms with Gasteiger partial charge in [0.05, 0.1) is 6.61 Å². The quantitative estimate of drug-likeness (QED) is 0.0505. The topological polar surface area (TPSA) is 72.8 Å². The molecule has 0 spiro atoms. The van der Waals surface area contributed by atoms with Crippen LogP contribution in [-0.4, -0.2) is 36.4 Å². The van der Waals surface area contributed by atoms with Gasteiger partial charge in [-0.15, -0.1) is 0 Å². The first-order valence-electron chi connectivity index (χ1n) is 22.5. The molecular formula is C45H88O5. The third-order valence-corrected chi connectivity index (χ3v) is 10.7. The summed E-state index contributed by atoms with van der Waals surface area (Å²) in [6.07, 6.45) is 44.5. The lowest BCUT2D eigenvalue weighted by Crippen LogP contribution is -2.28. The SMILES string of the molecule is CCCCCCCCCCCCCCCCCCCCC(=O)OC[C@H](CO)OC(=O)CCCCCCCCCCCCCCCCC(C)CC. The van der Waals surface area contributed by atoms with Crippen LogP contribution in [0.25, 0.3) is 0 Å². The lowest BCUT2D eigenvalue weighted by Gasteiger charge is -2.15. The second-order valence-electron chi connectivity index (χ2n) is 15.7. The van der Waals surface area contributed by atoms with Gasteiger partial charge in [-0.3, -0.25) is 9.59 Å². The predicted octanol–water partition coefficient (Wildman–Crippen LogP) is 14.2. The molecule has 298 valence electrons. The number of esters is 2. The lowest BCUT2D eigenvalue weighted by molar-refractivity contribution is -0.161. The van der Waals surface area contributed by atoms with Gasteiger partial charge in [0.1, 0.15) is 6.61 Å². The number of ether oxygens (including phenoxy) is 2. The molecule has 0 heterocycles. The molecular weight excluding hydrogens is 620 g/mol. The molecule has 5 nitrogen and oxygen atoms in total. The molecule has 0 rings (SSSR count). The summed E-state index contributed by atoms with van der Waals surface area (Å²) in [6, 6.07) is 0. The molecule has 0 aliphatic heterocycles. The smallest absolute Gasteiger partial charge is 0.306 e. The van der Waals surface area contributed by atoms with Gasteiger partial charge in [-0.05, 0) is 18.8 Å². The number of hydrogen-bond acceptors (Lipinski definition) is 5. The largest absolute Gasteiger partial charge is 0.462 e. The van der Waals surface area contributed by atoms with E-state index in [1.54, 1.807) is 0 Å². The third kappa shape index (κ3) is 38.1. The Hall–Kier alpha value is -1.10. The van der Waals surface area contributed by atoms with Gasteiger partial charge in [-0.25, -0.2) is 0 Å². The van der Waals surface area contributed by atoms with Crippen LogP contribution in [0.3, 0.4) is 0 Å². The van der Waals surface area contributed by atoms with E-state index in [-0.39, 0.29) is 25.2 Å². The van der Waals surface area contributed by atoms with E-state index in [1.165, 1.54) is 186 Å². The Kier molecular flexibility index (Phi) is 39.8. The zero-order chi connectivity index (χ0) is 36.6. The van der Waals surface area contributed by atoms with Crippen molar-refractivity contribution in [2.24, 2.45) is 5.92 Å². The molecule has 0 radical (unpaired) electrons. The molecule has 1 N–H and O–H groups in total. The minimum atomic E-state index is -0.763. The summed E-state index contributed by atoms with van der Waals surface area (Å²) >= 11 is 0. The van der Waals surface area contributed by atoms with E-state index < -0.39 is 6.10 Å². The van der Waals surface area contributed by atoms with Crippen molar-refractivity contribution in [3.8, 4) is 0 Å². The maximum atomic E-state index is 12.2. The molecule has 0 fully saturated rings. The molecule has 1 unspecified atom stereocenters. The van der Waals surface area contributed by atoms with Gasteiger partial charge in [0, 0.05) is 12.8 Å². The summed E-state index contributed by atoms with van der Waals surface area (Å²) in [4.78, 5) is 24.3. The molecule has 50 heavy (non-hydrogen) atoms. The highest BCUT2D eigenvalue weighted by Gasteiger charge is 2.16. The fraction of sp³-hybridized carbons (Fsp3) is 0.956. The molecule has 0 aromatic rings. The second-order valence-corrected chi connectivity index (χ2v) is 15.7. The predicted molar refractivity (Wildman–Crippen MR) is 215 cm³/mol. The molecule has 0 amide bonds. The summed E-state index contributed by atoms with van der Waals surface area (Å²) in [7, 11) is 0. The average Bonchev–Trinajstić information content (AvgIpc) is 3.12. The number of hydrogen-bond donors (Lipinski definition) is 1. The Morgan fingerprint density at radius 3 is 1.12 bits per heavy atom. The van der Waals surface area contributed by atoms with Gasteiger partial charge in [0.2, 0.25) is 0 Å². The van der Waals surface area contributed by atoms with E-state index in [0.717, 1.165) is 38.0 Å². The zero-order valence-corrected chi connectivity index (χ0v) is 34.1. The third-order valence-electron chi connectivity index (χ3n) is 10.7. The fourth-order valence-corrected chi connectivity index (χ4v) is 6.89. The Morgan fingerprint density at radius 1 is 0.460 bits per heavy atom. The van der Waals surface area contributed by atoms with Gasteiger partial charge in [0.15, 0.2) is 6.10 Å². The highest BCUT2D eigenvalue weighted by Crippen LogP contribution is 2.17. The minimum Gasteiger partial charge on any atom is -0.462 e. The normalized spacial score (nSPS) is 12.6. The molecule has 0 saturated heterocycles. The zero-order valence-electron chi connectivity index (χ0n) is 34.1. The highest BCUT2D eigenvalue weighted by molar-refractivity contribution is 5.70. The number of rotatable bonds is 41. The Labute approximate surface area is 312 Å². The van der Waals surface area contributed by atoms with Crippen molar-refractivity contribution in [2.45, 2.75) is 258 Å². The molecule has 5 heteroatoms. The van der Waals surface area contributed by atoms with Crippen LogP contribution < -0.4 is 0 Å². The second kappa shape index (κ2) is 40.7. The minimum absolute atomic E-state index is 0.0570. The number of unbranched alkanes of at least 4 members (excludes halogenated alkanes) is 30. The van der Waals surface area contributed by atoms with Crippen molar-refractivity contribution >= 4 is 11.9 Å². The molecule has 0 aromatic heterocycles. The summed E-state index contributed by atoms with van der Waals surface area (Å²) in [6.45, 7) is 6.57. The highest BCUT2D eigenvalue weighted by atomic mass is 16.6. The van der Waals surface area contributed by atoms with Crippen LogP contribution in [0.15, 0.2) is 0 Å². The molecule has 0 aliphatic carbocycles. The van der Waals surface area contributed by atoms with E-state index in [9.17, 15) is 14.7 Å². The van der Waals surface area contributed by atoms with E-state index in [2.05, 4.69) is 20.8 Å². The van der Waals surface area contributed by atoms with Crippen LogP contribution in [0, 0.1) is 5.92 Å².